The van der Waals surface area contributed by atoms with Gasteiger partial charge in [-0.1, -0.05) is 36.4 Å². The molecule has 0 saturated carbocycles. The minimum Gasteiger partial charge on any atom is -0.497 e. The van der Waals surface area contributed by atoms with Gasteiger partial charge in [-0.2, -0.15) is 0 Å². The first-order chi connectivity index (χ1) is 13.6. The number of carbonyl (C=O) groups excluding carboxylic acids is 2. The quantitative estimate of drug-likeness (QED) is 0.471. The van der Waals surface area contributed by atoms with E-state index in [0.717, 1.165) is 21.4 Å². The van der Waals surface area contributed by atoms with Crippen molar-refractivity contribution in [2.45, 2.75) is 17.9 Å². The number of methoxy groups -OCH3 is 1. The highest BCUT2D eigenvalue weighted by Gasteiger charge is 2.18. The van der Waals surface area contributed by atoms with Gasteiger partial charge in [-0.25, -0.2) is 0 Å². The van der Waals surface area contributed by atoms with Gasteiger partial charge in [0.15, 0.2) is 6.10 Å². The van der Waals surface area contributed by atoms with Crippen molar-refractivity contribution in [3.63, 3.8) is 0 Å². The molecule has 0 aliphatic rings. The summed E-state index contributed by atoms with van der Waals surface area (Å²) in [5.74, 6) is 0.0734. The van der Waals surface area contributed by atoms with Crippen LogP contribution in [-0.4, -0.2) is 30.8 Å². The van der Waals surface area contributed by atoms with Crippen molar-refractivity contribution in [3.8, 4) is 5.75 Å². The summed E-state index contributed by atoms with van der Waals surface area (Å²) < 4.78 is 10.4. The lowest BCUT2D eigenvalue weighted by atomic mass is 10.1. The zero-order chi connectivity index (χ0) is 19.9. The van der Waals surface area contributed by atoms with Crippen LogP contribution in [0.25, 0.3) is 10.8 Å². The molecule has 0 saturated heterocycles. The zero-order valence-corrected chi connectivity index (χ0v) is 16.5. The van der Waals surface area contributed by atoms with E-state index >= 15 is 0 Å². The van der Waals surface area contributed by atoms with Crippen LogP contribution in [0.1, 0.15) is 6.92 Å². The normalized spacial score (nSPS) is 11.6. The predicted octanol–water partition coefficient (Wildman–Crippen LogP) is 4.51. The van der Waals surface area contributed by atoms with Gasteiger partial charge in [0.05, 0.1) is 12.9 Å². The number of benzene rings is 3. The van der Waals surface area contributed by atoms with E-state index in [1.807, 2.05) is 66.7 Å². The molecule has 0 radical (unpaired) electrons. The number of nitrogens with one attached hydrogen (secondary N) is 1. The molecule has 144 valence electrons. The number of carbonyl (C=O) groups is 2. The molecule has 0 aliphatic carbocycles. The number of thioether (sulfide) groups is 1. The number of hydrogen-bond donors (Lipinski definition) is 1. The number of esters is 1. The second-order valence-electron chi connectivity index (χ2n) is 6.11. The first-order valence-corrected chi connectivity index (χ1v) is 9.80. The first-order valence-electron chi connectivity index (χ1n) is 8.82. The SMILES string of the molecule is COc1ccc(SCC(=O)O[C@@H](C)C(=O)Nc2cccc3ccccc23)cc1. The van der Waals surface area contributed by atoms with Gasteiger partial charge in [-0.05, 0) is 42.6 Å². The molecule has 0 spiro atoms. The number of amides is 1. The Kier molecular flexibility index (Phi) is 6.55. The summed E-state index contributed by atoms with van der Waals surface area (Å²) in [4.78, 5) is 25.4. The number of rotatable bonds is 7. The molecule has 0 heterocycles. The Labute approximate surface area is 168 Å². The van der Waals surface area contributed by atoms with E-state index in [-0.39, 0.29) is 11.7 Å². The van der Waals surface area contributed by atoms with Gasteiger partial charge in [0, 0.05) is 16.0 Å². The Morgan fingerprint density at radius 1 is 1.00 bits per heavy atom. The van der Waals surface area contributed by atoms with Crippen molar-refractivity contribution in [1.29, 1.82) is 0 Å². The van der Waals surface area contributed by atoms with Crippen LogP contribution in [0, 0.1) is 0 Å². The highest BCUT2D eigenvalue weighted by molar-refractivity contribution is 8.00. The molecule has 28 heavy (non-hydrogen) atoms. The van der Waals surface area contributed by atoms with Gasteiger partial charge in [-0.15, -0.1) is 11.8 Å². The third kappa shape index (κ3) is 5.04. The smallest absolute Gasteiger partial charge is 0.317 e. The second kappa shape index (κ2) is 9.28. The average molecular weight is 395 g/mol. The molecule has 0 bridgehead atoms. The van der Waals surface area contributed by atoms with Gasteiger partial charge < -0.3 is 14.8 Å². The van der Waals surface area contributed by atoms with Crippen LogP contribution in [0.15, 0.2) is 71.6 Å². The van der Waals surface area contributed by atoms with Gasteiger partial charge in [0.2, 0.25) is 0 Å². The molecule has 3 aromatic rings. The fraction of sp³-hybridized carbons (Fsp3) is 0.182. The van der Waals surface area contributed by atoms with E-state index in [9.17, 15) is 9.59 Å². The third-order valence-corrected chi connectivity index (χ3v) is 5.13. The Balaban J connectivity index is 1.53. The van der Waals surface area contributed by atoms with Crippen molar-refractivity contribution in [1.82, 2.24) is 0 Å². The molecule has 0 fully saturated rings. The summed E-state index contributed by atoms with van der Waals surface area (Å²) >= 11 is 1.35. The maximum absolute atomic E-state index is 12.4. The second-order valence-corrected chi connectivity index (χ2v) is 7.16. The Morgan fingerprint density at radius 3 is 2.46 bits per heavy atom. The van der Waals surface area contributed by atoms with Gasteiger partial charge in [-0.3, -0.25) is 9.59 Å². The lowest BCUT2D eigenvalue weighted by molar-refractivity contribution is -0.150. The van der Waals surface area contributed by atoms with Crippen molar-refractivity contribution < 1.29 is 19.1 Å². The highest BCUT2D eigenvalue weighted by atomic mass is 32.2. The number of fused-ring (bicyclic) bond motifs is 1. The number of hydrogen-bond acceptors (Lipinski definition) is 5. The van der Waals surface area contributed by atoms with Crippen molar-refractivity contribution in [2.24, 2.45) is 0 Å². The number of anilines is 1. The first kappa shape index (κ1) is 19.8. The maximum Gasteiger partial charge on any atom is 0.317 e. The van der Waals surface area contributed by atoms with E-state index in [0.29, 0.717) is 5.69 Å². The van der Waals surface area contributed by atoms with Crippen molar-refractivity contribution in [2.75, 3.05) is 18.2 Å². The van der Waals surface area contributed by atoms with Crippen molar-refractivity contribution >= 4 is 40.1 Å². The van der Waals surface area contributed by atoms with Gasteiger partial charge in [0.1, 0.15) is 5.75 Å². The van der Waals surface area contributed by atoms with Crippen LogP contribution >= 0.6 is 11.8 Å². The van der Waals surface area contributed by atoms with E-state index < -0.39 is 12.1 Å². The molecule has 3 aromatic carbocycles. The maximum atomic E-state index is 12.4. The van der Waals surface area contributed by atoms with Crippen LogP contribution in [0.2, 0.25) is 0 Å². The molecule has 1 atom stereocenters. The van der Waals surface area contributed by atoms with Crippen LogP contribution in [0.4, 0.5) is 5.69 Å². The van der Waals surface area contributed by atoms with E-state index in [1.165, 1.54) is 11.8 Å². The predicted molar refractivity (Wildman–Crippen MR) is 112 cm³/mol. The largest absolute Gasteiger partial charge is 0.497 e. The summed E-state index contributed by atoms with van der Waals surface area (Å²) in [6.07, 6.45) is -0.886. The van der Waals surface area contributed by atoms with E-state index in [4.69, 9.17) is 9.47 Å². The molecule has 1 N–H and O–H groups in total. The minimum atomic E-state index is -0.886. The summed E-state index contributed by atoms with van der Waals surface area (Å²) in [6.45, 7) is 1.57. The third-order valence-electron chi connectivity index (χ3n) is 4.14. The molecule has 0 aliphatic heterocycles. The molecule has 6 heteroatoms. The molecular weight excluding hydrogens is 374 g/mol. The summed E-state index contributed by atoms with van der Waals surface area (Å²) in [5, 5.41) is 4.81. The molecule has 5 nitrogen and oxygen atoms in total. The van der Waals surface area contributed by atoms with Gasteiger partial charge in [0.25, 0.3) is 5.91 Å². The molecule has 0 aromatic heterocycles. The Hall–Kier alpha value is -2.99. The lowest BCUT2D eigenvalue weighted by Crippen LogP contribution is -2.30. The van der Waals surface area contributed by atoms with Crippen LogP contribution < -0.4 is 10.1 Å². The highest BCUT2D eigenvalue weighted by Crippen LogP contribution is 2.24. The van der Waals surface area contributed by atoms with Crippen LogP contribution in [0.3, 0.4) is 0 Å². The fourth-order valence-electron chi connectivity index (χ4n) is 2.67. The zero-order valence-electron chi connectivity index (χ0n) is 15.7. The summed E-state index contributed by atoms with van der Waals surface area (Å²) in [5.41, 5.74) is 0.693. The van der Waals surface area contributed by atoms with E-state index in [2.05, 4.69) is 5.32 Å². The van der Waals surface area contributed by atoms with E-state index in [1.54, 1.807) is 14.0 Å². The topological polar surface area (TPSA) is 64.6 Å². The minimum absolute atomic E-state index is 0.123. The summed E-state index contributed by atoms with van der Waals surface area (Å²) in [6, 6.07) is 20.8. The summed E-state index contributed by atoms with van der Waals surface area (Å²) in [7, 11) is 1.60. The molecular formula is C22H21NO4S. The van der Waals surface area contributed by atoms with Crippen LogP contribution in [-0.2, 0) is 14.3 Å². The lowest BCUT2D eigenvalue weighted by Gasteiger charge is -2.14. The van der Waals surface area contributed by atoms with Crippen molar-refractivity contribution in [3.05, 3.63) is 66.7 Å². The molecule has 1 amide bonds. The van der Waals surface area contributed by atoms with Crippen LogP contribution in [0.5, 0.6) is 5.75 Å². The Morgan fingerprint density at radius 2 is 1.71 bits per heavy atom. The molecule has 0 unspecified atom stereocenters. The standard InChI is InChI=1S/C22H21NO4S/c1-15(27-21(24)14-28-18-12-10-17(26-2)11-13-18)22(25)23-20-9-5-7-16-6-3-4-8-19(16)20/h3-13,15H,14H2,1-2H3,(H,23,25)/t15-/m0/s1. The average Bonchev–Trinajstić information content (AvgIpc) is 2.73. The monoisotopic (exact) mass is 395 g/mol. The van der Waals surface area contributed by atoms with Gasteiger partial charge >= 0.3 is 5.97 Å². The Bertz CT molecular complexity index is 966. The fourth-order valence-corrected chi connectivity index (χ4v) is 3.35. The number of ether oxygens (including phenoxy) is 2. The molecule has 3 rings (SSSR count).